The molecule has 1 aliphatic heterocycles. The average Bonchev–Trinajstić information content (AvgIpc) is 2.44. The summed E-state index contributed by atoms with van der Waals surface area (Å²) in [5, 5.41) is 1.93. The number of carbonyl (C=O) groups excluding carboxylic acids is 3. The highest BCUT2D eigenvalue weighted by molar-refractivity contribution is 6.44. The highest BCUT2D eigenvalue weighted by atomic mass is 16.5. The standard InChI is InChI=1S/C9H14N2O4/c1-2-5-15-6-3-4-11-8(13)7(12)10-9(11)14/h2-6H2,1H3,(H,10,12,14). The summed E-state index contributed by atoms with van der Waals surface area (Å²) in [5.41, 5.74) is 0. The Kier molecular flexibility index (Phi) is 4.23. The van der Waals surface area contributed by atoms with E-state index in [1.807, 2.05) is 12.2 Å². The summed E-state index contributed by atoms with van der Waals surface area (Å²) >= 11 is 0. The molecule has 1 N–H and O–H groups in total. The monoisotopic (exact) mass is 214 g/mol. The quantitative estimate of drug-likeness (QED) is 0.380. The maximum atomic E-state index is 11.1. The Hall–Kier alpha value is -1.43. The van der Waals surface area contributed by atoms with Gasteiger partial charge in [-0.15, -0.1) is 0 Å². The van der Waals surface area contributed by atoms with Crippen molar-refractivity contribution in [3.8, 4) is 0 Å². The predicted octanol–water partition coefficient (Wildman–Crippen LogP) is -0.118. The Bertz CT molecular complexity index is 277. The second-order valence-corrected chi connectivity index (χ2v) is 3.18. The molecular formula is C9H14N2O4. The van der Waals surface area contributed by atoms with Crippen LogP contribution in [0.25, 0.3) is 0 Å². The van der Waals surface area contributed by atoms with Gasteiger partial charge in [-0.1, -0.05) is 6.92 Å². The Morgan fingerprint density at radius 3 is 2.53 bits per heavy atom. The molecule has 84 valence electrons. The minimum Gasteiger partial charge on any atom is -0.381 e. The number of rotatable bonds is 6. The van der Waals surface area contributed by atoms with E-state index in [4.69, 9.17) is 4.74 Å². The molecule has 0 aliphatic carbocycles. The predicted molar refractivity (Wildman–Crippen MR) is 51.0 cm³/mol. The van der Waals surface area contributed by atoms with Crippen LogP contribution >= 0.6 is 0 Å². The van der Waals surface area contributed by atoms with E-state index in [0.29, 0.717) is 19.6 Å². The number of hydrogen-bond donors (Lipinski definition) is 1. The molecular weight excluding hydrogens is 200 g/mol. The minimum absolute atomic E-state index is 0.222. The van der Waals surface area contributed by atoms with Gasteiger partial charge in [0.2, 0.25) is 0 Å². The van der Waals surface area contributed by atoms with Crippen molar-refractivity contribution >= 4 is 17.8 Å². The number of hydrogen-bond acceptors (Lipinski definition) is 4. The van der Waals surface area contributed by atoms with Crippen LogP contribution in [0, 0.1) is 0 Å². The van der Waals surface area contributed by atoms with E-state index in [9.17, 15) is 14.4 Å². The fraction of sp³-hybridized carbons (Fsp3) is 0.667. The lowest BCUT2D eigenvalue weighted by Crippen LogP contribution is -2.32. The fourth-order valence-electron chi connectivity index (χ4n) is 1.21. The van der Waals surface area contributed by atoms with E-state index < -0.39 is 17.8 Å². The van der Waals surface area contributed by atoms with Crippen molar-refractivity contribution in [2.75, 3.05) is 19.8 Å². The van der Waals surface area contributed by atoms with Gasteiger partial charge in [0.25, 0.3) is 0 Å². The SMILES string of the molecule is CCCOCCCN1C(=O)NC(=O)C1=O. The van der Waals surface area contributed by atoms with Crippen LogP contribution in [0.15, 0.2) is 0 Å². The van der Waals surface area contributed by atoms with E-state index >= 15 is 0 Å². The van der Waals surface area contributed by atoms with E-state index in [1.165, 1.54) is 0 Å². The average molecular weight is 214 g/mol. The van der Waals surface area contributed by atoms with Gasteiger partial charge < -0.3 is 4.74 Å². The van der Waals surface area contributed by atoms with Crippen LogP contribution in [0.5, 0.6) is 0 Å². The molecule has 0 aromatic rings. The van der Waals surface area contributed by atoms with E-state index in [2.05, 4.69) is 0 Å². The van der Waals surface area contributed by atoms with Gasteiger partial charge in [0, 0.05) is 19.8 Å². The normalized spacial score (nSPS) is 16.1. The second kappa shape index (κ2) is 5.45. The van der Waals surface area contributed by atoms with E-state index in [-0.39, 0.29) is 6.54 Å². The Morgan fingerprint density at radius 2 is 2.00 bits per heavy atom. The molecule has 1 heterocycles. The third-order valence-electron chi connectivity index (χ3n) is 1.92. The minimum atomic E-state index is -0.852. The number of nitrogens with zero attached hydrogens (tertiary/aromatic N) is 1. The first-order chi connectivity index (χ1) is 7.16. The van der Waals surface area contributed by atoms with Gasteiger partial charge in [0.1, 0.15) is 0 Å². The van der Waals surface area contributed by atoms with Crippen molar-refractivity contribution in [2.24, 2.45) is 0 Å². The van der Waals surface area contributed by atoms with Crippen molar-refractivity contribution in [2.45, 2.75) is 19.8 Å². The van der Waals surface area contributed by atoms with Gasteiger partial charge in [-0.05, 0) is 12.8 Å². The summed E-state index contributed by atoms with van der Waals surface area (Å²) in [7, 11) is 0. The first-order valence-corrected chi connectivity index (χ1v) is 4.91. The van der Waals surface area contributed by atoms with Crippen LogP contribution in [-0.4, -0.2) is 42.5 Å². The summed E-state index contributed by atoms with van der Waals surface area (Å²) in [6, 6.07) is -0.638. The molecule has 1 saturated heterocycles. The van der Waals surface area contributed by atoms with Crippen LogP contribution in [-0.2, 0) is 14.3 Å². The highest BCUT2D eigenvalue weighted by Crippen LogP contribution is 2.01. The van der Waals surface area contributed by atoms with Crippen LogP contribution < -0.4 is 5.32 Å². The zero-order valence-corrected chi connectivity index (χ0v) is 8.62. The molecule has 6 nitrogen and oxygen atoms in total. The van der Waals surface area contributed by atoms with E-state index in [0.717, 1.165) is 11.3 Å². The summed E-state index contributed by atoms with van der Waals surface area (Å²) in [6.07, 6.45) is 1.48. The zero-order valence-electron chi connectivity index (χ0n) is 8.62. The van der Waals surface area contributed by atoms with Crippen LogP contribution in [0.2, 0.25) is 0 Å². The van der Waals surface area contributed by atoms with Crippen molar-refractivity contribution in [1.29, 1.82) is 0 Å². The second-order valence-electron chi connectivity index (χ2n) is 3.18. The number of carbonyl (C=O) groups is 3. The maximum absolute atomic E-state index is 11.1. The molecule has 1 fully saturated rings. The molecule has 15 heavy (non-hydrogen) atoms. The molecule has 0 aromatic carbocycles. The van der Waals surface area contributed by atoms with Gasteiger partial charge in [-0.2, -0.15) is 0 Å². The Balaban J connectivity index is 2.24. The molecule has 0 radical (unpaired) electrons. The lowest BCUT2D eigenvalue weighted by molar-refractivity contribution is -0.140. The number of imide groups is 2. The van der Waals surface area contributed by atoms with Crippen LogP contribution in [0.4, 0.5) is 4.79 Å². The van der Waals surface area contributed by atoms with Crippen molar-refractivity contribution in [3.63, 3.8) is 0 Å². The maximum Gasteiger partial charge on any atom is 0.331 e. The summed E-state index contributed by atoms with van der Waals surface area (Å²) < 4.78 is 5.19. The van der Waals surface area contributed by atoms with Gasteiger partial charge in [-0.3, -0.25) is 19.8 Å². The van der Waals surface area contributed by atoms with Gasteiger partial charge in [0.15, 0.2) is 0 Å². The summed E-state index contributed by atoms with van der Waals surface area (Å²) in [5.74, 6) is -1.63. The zero-order chi connectivity index (χ0) is 11.3. The Labute approximate surface area is 87.6 Å². The fourth-order valence-corrected chi connectivity index (χ4v) is 1.21. The lowest BCUT2D eigenvalue weighted by atomic mass is 10.4. The van der Waals surface area contributed by atoms with Gasteiger partial charge >= 0.3 is 17.8 Å². The van der Waals surface area contributed by atoms with Gasteiger partial charge in [0.05, 0.1) is 0 Å². The molecule has 0 spiro atoms. The third-order valence-corrected chi connectivity index (χ3v) is 1.92. The van der Waals surface area contributed by atoms with E-state index in [1.54, 1.807) is 0 Å². The molecule has 1 rings (SSSR count). The highest BCUT2D eigenvalue weighted by Gasteiger charge is 2.36. The first kappa shape index (κ1) is 11.6. The van der Waals surface area contributed by atoms with Crippen LogP contribution in [0.3, 0.4) is 0 Å². The molecule has 0 bridgehead atoms. The van der Waals surface area contributed by atoms with Gasteiger partial charge in [-0.25, -0.2) is 4.79 Å². The molecule has 0 saturated carbocycles. The first-order valence-electron chi connectivity index (χ1n) is 4.91. The summed E-state index contributed by atoms with van der Waals surface area (Å²) in [4.78, 5) is 33.8. The molecule has 1 aliphatic rings. The molecule has 6 heteroatoms. The molecule has 4 amide bonds. The van der Waals surface area contributed by atoms with Crippen molar-refractivity contribution < 1.29 is 19.1 Å². The molecule has 0 atom stereocenters. The number of amides is 4. The van der Waals surface area contributed by atoms with Crippen molar-refractivity contribution in [1.82, 2.24) is 10.2 Å². The summed E-state index contributed by atoms with van der Waals surface area (Å²) in [6.45, 7) is 3.37. The molecule has 0 unspecified atom stereocenters. The smallest absolute Gasteiger partial charge is 0.331 e. The number of urea groups is 1. The number of nitrogens with one attached hydrogen (secondary N) is 1. The van der Waals surface area contributed by atoms with Crippen LogP contribution in [0.1, 0.15) is 19.8 Å². The van der Waals surface area contributed by atoms with Crippen molar-refractivity contribution in [3.05, 3.63) is 0 Å². The Morgan fingerprint density at radius 1 is 1.27 bits per heavy atom. The largest absolute Gasteiger partial charge is 0.381 e. The molecule has 0 aromatic heterocycles. The topological polar surface area (TPSA) is 75.7 Å². The number of ether oxygens (including phenoxy) is 1. The lowest BCUT2D eigenvalue weighted by Gasteiger charge is -2.10. The third kappa shape index (κ3) is 3.02.